The minimum atomic E-state index is -0.654. The van der Waals surface area contributed by atoms with E-state index in [1.807, 2.05) is 32.3 Å². The largest absolute Gasteiger partial charge is 0.374 e. The van der Waals surface area contributed by atoms with Crippen molar-refractivity contribution in [1.29, 1.82) is 0 Å². The fourth-order valence-corrected chi connectivity index (χ4v) is 3.48. The maximum atomic E-state index is 12.6. The number of nitrogens with one attached hydrogen (secondary N) is 1. The van der Waals surface area contributed by atoms with Gasteiger partial charge in [-0.1, -0.05) is 11.3 Å². The highest BCUT2D eigenvalue weighted by molar-refractivity contribution is 7.15. The van der Waals surface area contributed by atoms with Gasteiger partial charge in [0.15, 0.2) is 4.96 Å². The Hall–Kier alpha value is -2.00. The number of amides is 1. The number of thiazole rings is 1. The highest BCUT2D eigenvalue weighted by atomic mass is 32.1. The van der Waals surface area contributed by atoms with Gasteiger partial charge >= 0.3 is 0 Å². The maximum absolute atomic E-state index is 12.6. The SMILES string of the molecule is Cc1nc2sccn2c1C(=O)NC(C)(C)c1nnc(N)s1. The molecule has 3 rings (SSSR count). The van der Waals surface area contributed by atoms with Crippen LogP contribution in [-0.4, -0.2) is 25.5 Å². The number of hydrogen-bond acceptors (Lipinski definition) is 7. The Morgan fingerprint density at radius 3 is 2.86 bits per heavy atom. The quantitative estimate of drug-likeness (QED) is 0.766. The molecule has 3 aromatic heterocycles. The topological polar surface area (TPSA) is 98.2 Å². The number of carbonyl (C=O) groups excluding carboxylic acids is 1. The predicted molar refractivity (Wildman–Crippen MR) is 82.6 cm³/mol. The van der Waals surface area contributed by atoms with Gasteiger partial charge in [-0.25, -0.2) is 4.98 Å². The van der Waals surface area contributed by atoms with Crippen LogP contribution in [0.5, 0.6) is 0 Å². The van der Waals surface area contributed by atoms with Crippen LogP contribution in [0.25, 0.3) is 4.96 Å². The van der Waals surface area contributed by atoms with Crippen molar-refractivity contribution < 1.29 is 4.79 Å². The summed E-state index contributed by atoms with van der Waals surface area (Å²) in [5.74, 6) is -0.197. The molecular formula is C12H14N6OS2. The molecule has 0 atom stereocenters. The predicted octanol–water partition coefficient (Wildman–Crippen LogP) is 1.80. The molecule has 9 heteroatoms. The van der Waals surface area contributed by atoms with Crippen molar-refractivity contribution in [1.82, 2.24) is 24.9 Å². The van der Waals surface area contributed by atoms with Gasteiger partial charge in [0.25, 0.3) is 5.91 Å². The molecule has 7 nitrogen and oxygen atoms in total. The van der Waals surface area contributed by atoms with Crippen LogP contribution in [0.1, 0.15) is 35.0 Å². The molecule has 0 saturated heterocycles. The summed E-state index contributed by atoms with van der Waals surface area (Å²) in [6.07, 6.45) is 1.84. The van der Waals surface area contributed by atoms with Crippen molar-refractivity contribution in [3.8, 4) is 0 Å². The number of hydrogen-bond donors (Lipinski definition) is 2. The number of aryl methyl sites for hydroxylation is 1. The van der Waals surface area contributed by atoms with Gasteiger partial charge < -0.3 is 11.1 Å². The van der Waals surface area contributed by atoms with Gasteiger partial charge in [0.05, 0.1) is 11.2 Å². The Bertz CT molecular complexity index is 815. The van der Waals surface area contributed by atoms with Crippen molar-refractivity contribution in [3.05, 3.63) is 28.0 Å². The molecule has 3 heterocycles. The molecule has 0 aromatic carbocycles. The number of nitrogens with two attached hydrogens (primary N) is 1. The van der Waals surface area contributed by atoms with Crippen molar-refractivity contribution in [2.45, 2.75) is 26.3 Å². The average molecular weight is 322 g/mol. The maximum Gasteiger partial charge on any atom is 0.270 e. The van der Waals surface area contributed by atoms with Crippen LogP contribution in [0.4, 0.5) is 5.13 Å². The molecule has 3 N–H and O–H groups in total. The van der Waals surface area contributed by atoms with E-state index < -0.39 is 5.54 Å². The second kappa shape index (κ2) is 4.78. The van der Waals surface area contributed by atoms with E-state index in [1.54, 1.807) is 4.40 Å². The second-order valence-electron chi connectivity index (χ2n) is 5.13. The van der Waals surface area contributed by atoms with Gasteiger partial charge in [0.2, 0.25) is 5.13 Å². The molecule has 0 saturated carbocycles. The first-order valence-corrected chi connectivity index (χ1v) is 7.92. The molecule has 0 aliphatic heterocycles. The zero-order valence-electron chi connectivity index (χ0n) is 11.7. The molecule has 0 bridgehead atoms. The van der Waals surface area contributed by atoms with Gasteiger partial charge in [0, 0.05) is 11.6 Å². The summed E-state index contributed by atoms with van der Waals surface area (Å²) >= 11 is 2.76. The molecule has 0 spiro atoms. The molecule has 1 amide bonds. The Kier molecular flexibility index (Phi) is 3.18. The molecule has 3 aromatic rings. The van der Waals surface area contributed by atoms with Crippen molar-refractivity contribution in [3.63, 3.8) is 0 Å². The van der Waals surface area contributed by atoms with Crippen LogP contribution in [0.15, 0.2) is 11.6 Å². The summed E-state index contributed by atoms with van der Waals surface area (Å²) in [7, 11) is 0. The van der Waals surface area contributed by atoms with Crippen LogP contribution in [-0.2, 0) is 5.54 Å². The number of nitrogens with zero attached hydrogens (tertiary/aromatic N) is 4. The first-order chi connectivity index (χ1) is 9.88. The van der Waals surface area contributed by atoms with E-state index in [-0.39, 0.29) is 5.91 Å². The minimum Gasteiger partial charge on any atom is -0.374 e. The third-order valence-electron chi connectivity index (χ3n) is 3.05. The van der Waals surface area contributed by atoms with Crippen molar-refractivity contribution in [2.75, 3.05) is 5.73 Å². The number of anilines is 1. The fraction of sp³-hybridized carbons (Fsp3) is 0.333. The molecule has 21 heavy (non-hydrogen) atoms. The van der Waals surface area contributed by atoms with E-state index in [4.69, 9.17) is 5.73 Å². The van der Waals surface area contributed by atoms with Gasteiger partial charge in [-0.3, -0.25) is 9.20 Å². The smallest absolute Gasteiger partial charge is 0.270 e. The Morgan fingerprint density at radius 2 is 2.19 bits per heavy atom. The molecule has 0 aliphatic carbocycles. The number of fused-ring (bicyclic) bond motifs is 1. The third kappa shape index (κ3) is 2.38. The zero-order chi connectivity index (χ0) is 15.2. The van der Waals surface area contributed by atoms with E-state index in [1.165, 1.54) is 22.7 Å². The summed E-state index contributed by atoms with van der Waals surface area (Å²) in [4.78, 5) is 17.8. The fourth-order valence-electron chi connectivity index (χ4n) is 2.05. The minimum absolute atomic E-state index is 0.197. The Balaban J connectivity index is 1.92. The number of carbonyl (C=O) groups is 1. The Morgan fingerprint density at radius 1 is 1.43 bits per heavy atom. The third-order valence-corrected chi connectivity index (χ3v) is 4.89. The average Bonchev–Trinajstić information content (AvgIpc) is 3.03. The summed E-state index contributed by atoms with van der Waals surface area (Å²) in [5, 5.41) is 13.7. The highest BCUT2D eigenvalue weighted by Crippen LogP contribution is 2.26. The zero-order valence-corrected chi connectivity index (χ0v) is 13.4. The molecule has 0 unspecified atom stereocenters. The van der Waals surface area contributed by atoms with Crippen LogP contribution in [0.3, 0.4) is 0 Å². The molecule has 110 valence electrons. The number of imidazole rings is 1. The first kappa shape index (κ1) is 14.0. The Labute approximate surface area is 128 Å². The van der Waals surface area contributed by atoms with E-state index >= 15 is 0 Å². The standard InChI is InChI=1S/C12H14N6OS2/c1-6-7(18-4-5-20-11(18)14-6)8(19)15-12(2,3)9-16-17-10(13)21-9/h4-5H,1-3H3,(H2,13,17)(H,15,19). The number of aromatic nitrogens is 4. The van der Waals surface area contributed by atoms with E-state index in [9.17, 15) is 4.79 Å². The second-order valence-corrected chi connectivity index (χ2v) is 7.01. The molecule has 0 radical (unpaired) electrons. The summed E-state index contributed by atoms with van der Waals surface area (Å²) in [5.41, 5.74) is 6.19. The molecule has 0 aliphatic rings. The molecular weight excluding hydrogens is 308 g/mol. The van der Waals surface area contributed by atoms with Crippen LogP contribution >= 0.6 is 22.7 Å². The van der Waals surface area contributed by atoms with Crippen molar-refractivity contribution >= 4 is 38.7 Å². The van der Waals surface area contributed by atoms with Crippen molar-refractivity contribution in [2.24, 2.45) is 0 Å². The first-order valence-electron chi connectivity index (χ1n) is 6.22. The van der Waals surface area contributed by atoms with Crippen LogP contribution < -0.4 is 11.1 Å². The number of rotatable bonds is 3. The lowest BCUT2D eigenvalue weighted by Gasteiger charge is -2.23. The number of nitrogen functional groups attached to an aromatic ring is 1. The lowest BCUT2D eigenvalue weighted by atomic mass is 10.1. The van der Waals surface area contributed by atoms with E-state index in [0.29, 0.717) is 21.5 Å². The highest BCUT2D eigenvalue weighted by Gasteiger charge is 2.29. The lowest BCUT2D eigenvalue weighted by molar-refractivity contribution is 0.0905. The van der Waals surface area contributed by atoms with E-state index in [2.05, 4.69) is 20.5 Å². The van der Waals surface area contributed by atoms with E-state index in [0.717, 1.165) is 4.96 Å². The normalized spacial score (nSPS) is 12.0. The molecule has 0 fully saturated rings. The van der Waals surface area contributed by atoms with Gasteiger partial charge in [-0.05, 0) is 20.8 Å². The van der Waals surface area contributed by atoms with Gasteiger partial charge in [-0.15, -0.1) is 21.5 Å². The summed E-state index contributed by atoms with van der Waals surface area (Å²) < 4.78 is 1.79. The van der Waals surface area contributed by atoms with Gasteiger partial charge in [-0.2, -0.15) is 0 Å². The van der Waals surface area contributed by atoms with Crippen LogP contribution in [0.2, 0.25) is 0 Å². The monoisotopic (exact) mass is 322 g/mol. The van der Waals surface area contributed by atoms with Gasteiger partial charge in [0.1, 0.15) is 10.7 Å². The summed E-state index contributed by atoms with van der Waals surface area (Å²) in [6.45, 7) is 5.56. The summed E-state index contributed by atoms with van der Waals surface area (Å²) in [6, 6.07) is 0. The van der Waals surface area contributed by atoms with Crippen LogP contribution in [0, 0.1) is 6.92 Å². The lowest BCUT2D eigenvalue weighted by Crippen LogP contribution is -2.41.